The summed E-state index contributed by atoms with van der Waals surface area (Å²) in [5, 5.41) is 5.53. The molecule has 2 amide bonds. The summed E-state index contributed by atoms with van der Waals surface area (Å²) in [5.41, 5.74) is 3.05. The average Bonchev–Trinajstić information content (AvgIpc) is 2.36. The summed E-state index contributed by atoms with van der Waals surface area (Å²) in [6.07, 6.45) is 3.25. The van der Waals surface area contributed by atoms with Crippen LogP contribution in [0.25, 0.3) is 0 Å². The van der Waals surface area contributed by atoms with E-state index in [4.69, 9.17) is 0 Å². The largest absolute Gasteiger partial charge is 0.350 e. The van der Waals surface area contributed by atoms with Crippen LogP contribution in [0.2, 0.25) is 0 Å². The number of rotatable bonds is 6. The number of nitrogens with one attached hydrogen (secondary N) is 2. The minimum Gasteiger partial charge on any atom is -0.350 e. The Bertz CT molecular complexity index is 486. The lowest BCUT2D eigenvalue weighted by Crippen LogP contribution is -2.45. The van der Waals surface area contributed by atoms with Gasteiger partial charge in [-0.25, -0.2) is 0 Å². The van der Waals surface area contributed by atoms with Gasteiger partial charge in [-0.15, -0.1) is 0 Å². The molecule has 2 N–H and O–H groups in total. The van der Waals surface area contributed by atoms with E-state index in [2.05, 4.69) is 15.6 Å². The second kappa shape index (κ2) is 7.62. The summed E-state index contributed by atoms with van der Waals surface area (Å²) in [7, 11) is 0. The topological polar surface area (TPSA) is 71.1 Å². The lowest BCUT2D eigenvalue weighted by Gasteiger charge is -2.17. The summed E-state index contributed by atoms with van der Waals surface area (Å²) in [4.78, 5) is 27.4. The third kappa shape index (κ3) is 4.99. The van der Waals surface area contributed by atoms with Gasteiger partial charge in [0.1, 0.15) is 6.04 Å². The Kier molecular flexibility index (Phi) is 6.15. The molecule has 1 rings (SSSR count). The third-order valence-corrected chi connectivity index (χ3v) is 3.08. The van der Waals surface area contributed by atoms with Gasteiger partial charge in [0.05, 0.1) is 0 Å². The first-order chi connectivity index (χ1) is 9.43. The zero-order chi connectivity index (χ0) is 15.1. The SMILES string of the molecule is CCC[C@@H](NC(C)=O)C(=O)NCc1cnc(C)cc1C. The highest BCUT2D eigenvalue weighted by Gasteiger charge is 2.18. The Morgan fingerprint density at radius 2 is 2.05 bits per heavy atom. The van der Waals surface area contributed by atoms with Crippen LogP contribution in [0.1, 0.15) is 43.5 Å². The van der Waals surface area contributed by atoms with E-state index in [1.165, 1.54) is 6.92 Å². The number of hydrogen-bond donors (Lipinski definition) is 2. The molecule has 0 aliphatic carbocycles. The molecule has 0 aromatic carbocycles. The number of carbonyl (C=O) groups is 2. The fourth-order valence-electron chi connectivity index (χ4n) is 2.02. The smallest absolute Gasteiger partial charge is 0.242 e. The molecule has 0 saturated heterocycles. The van der Waals surface area contributed by atoms with Gasteiger partial charge < -0.3 is 10.6 Å². The predicted octanol–water partition coefficient (Wildman–Crippen LogP) is 1.62. The van der Waals surface area contributed by atoms with Crippen molar-refractivity contribution in [1.82, 2.24) is 15.6 Å². The van der Waals surface area contributed by atoms with Gasteiger partial charge in [-0.2, -0.15) is 0 Å². The van der Waals surface area contributed by atoms with Gasteiger partial charge >= 0.3 is 0 Å². The number of aromatic nitrogens is 1. The summed E-state index contributed by atoms with van der Waals surface area (Å²) in [5.74, 6) is -0.339. The highest BCUT2D eigenvalue weighted by Crippen LogP contribution is 2.07. The van der Waals surface area contributed by atoms with E-state index in [1.807, 2.05) is 26.8 Å². The molecule has 1 heterocycles. The van der Waals surface area contributed by atoms with Crippen LogP contribution in [0, 0.1) is 13.8 Å². The van der Waals surface area contributed by atoms with Crippen LogP contribution in [0.3, 0.4) is 0 Å². The Morgan fingerprint density at radius 3 is 2.60 bits per heavy atom. The van der Waals surface area contributed by atoms with E-state index in [1.54, 1.807) is 6.20 Å². The van der Waals surface area contributed by atoms with Crippen molar-refractivity contribution in [2.45, 2.75) is 53.1 Å². The Balaban J connectivity index is 2.62. The molecule has 1 aromatic heterocycles. The van der Waals surface area contributed by atoms with Crippen molar-refractivity contribution in [3.05, 3.63) is 29.1 Å². The van der Waals surface area contributed by atoms with Gasteiger partial charge in [0.2, 0.25) is 11.8 Å². The van der Waals surface area contributed by atoms with Gasteiger partial charge in [0.15, 0.2) is 0 Å². The van der Waals surface area contributed by atoms with Crippen molar-refractivity contribution in [2.75, 3.05) is 0 Å². The van der Waals surface area contributed by atoms with Crippen LogP contribution in [0.5, 0.6) is 0 Å². The van der Waals surface area contributed by atoms with Crippen LogP contribution < -0.4 is 10.6 Å². The fraction of sp³-hybridized carbons (Fsp3) is 0.533. The zero-order valence-electron chi connectivity index (χ0n) is 12.6. The molecule has 110 valence electrons. The first-order valence-corrected chi connectivity index (χ1v) is 6.91. The fourth-order valence-corrected chi connectivity index (χ4v) is 2.02. The third-order valence-electron chi connectivity index (χ3n) is 3.08. The molecule has 20 heavy (non-hydrogen) atoms. The maximum absolute atomic E-state index is 12.1. The molecule has 5 nitrogen and oxygen atoms in total. The van der Waals surface area contributed by atoms with Crippen LogP contribution in [-0.2, 0) is 16.1 Å². The van der Waals surface area contributed by atoms with Gasteiger partial charge in [0.25, 0.3) is 0 Å². The quantitative estimate of drug-likeness (QED) is 0.830. The van der Waals surface area contributed by atoms with Gasteiger partial charge in [-0.05, 0) is 37.5 Å². The molecule has 1 aromatic rings. The molecule has 0 saturated carbocycles. The maximum Gasteiger partial charge on any atom is 0.242 e. The molecule has 0 fully saturated rings. The van der Waals surface area contributed by atoms with Crippen molar-refractivity contribution < 1.29 is 9.59 Å². The monoisotopic (exact) mass is 277 g/mol. The van der Waals surface area contributed by atoms with E-state index in [9.17, 15) is 9.59 Å². The first kappa shape index (κ1) is 16.1. The number of carbonyl (C=O) groups excluding carboxylic acids is 2. The molecule has 5 heteroatoms. The lowest BCUT2D eigenvalue weighted by atomic mass is 10.1. The highest BCUT2D eigenvalue weighted by molar-refractivity contribution is 5.86. The standard InChI is InChI=1S/C15H23N3O2/c1-5-6-14(18-12(4)19)15(20)17-9-13-8-16-11(3)7-10(13)2/h7-8,14H,5-6,9H2,1-4H3,(H,17,20)(H,18,19)/t14-/m1/s1. The molecule has 1 atom stereocenters. The Labute approximate surface area is 120 Å². The van der Waals surface area contributed by atoms with Crippen LogP contribution in [0.15, 0.2) is 12.3 Å². The van der Waals surface area contributed by atoms with Crippen molar-refractivity contribution >= 4 is 11.8 Å². The van der Waals surface area contributed by atoms with Crippen LogP contribution >= 0.6 is 0 Å². The Morgan fingerprint density at radius 1 is 1.35 bits per heavy atom. The van der Waals surface area contributed by atoms with Crippen molar-refractivity contribution in [2.24, 2.45) is 0 Å². The molecule has 0 spiro atoms. The molecule has 0 bridgehead atoms. The number of amides is 2. The maximum atomic E-state index is 12.1. The second-order valence-electron chi connectivity index (χ2n) is 5.01. The summed E-state index contributed by atoms with van der Waals surface area (Å²) >= 11 is 0. The highest BCUT2D eigenvalue weighted by atomic mass is 16.2. The first-order valence-electron chi connectivity index (χ1n) is 6.91. The molecule has 0 radical (unpaired) electrons. The van der Waals surface area contributed by atoms with Gasteiger partial charge in [0, 0.05) is 25.4 Å². The second-order valence-corrected chi connectivity index (χ2v) is 5.01. The summed E-state index contributed by atoms with van der Waals surface area (Å²) in [6.45, 7) is 7.76. The summed E-state index contributed by atoms with van der Waals surface area (Å²) < 4.78 is 0. The normalized spacial score (nSPS) is 11.8. The number of nitrogens with zero attached hydrogens (tertiary/aromatic N) is 1. The summed E-state index contributed by atoms with van der Waals surface area (Å²) in [6, 6.07) is 1.52. The van der Waals surface area contributed by atoms with E-state index < -0.39 is 6.04 Å². The Hall–Kier alpha value is -1.91. The van der Waals surface area contributed by atoms with Gasteiger partial charge in [-0.1, -0.05) is 13.3 Å². The minimum absolute atomic E-state index is 0.151. The van der Waals surface area contributed by atoms with E-state index in [0.29, 0.717) is 13.0 Å². The van der Waals surface area contributed by atoms with Crippen LogP contribution in [0.4, 0.5) is 0 Å². The molecular formula is C15H23N3O2. The molecule has 0 aliphatic rings. The lowest BCUT2D eigenvalue weighted by molar-refractivity contribution is -0.128. The molecule has 0 unspecified atom stereocenters. The van der Waals surface area contributed by atoms with Gasteiger partial charge in [-0.3, -0.25) is 14.6 Å². The predicted molar refractivity (Wildman–Crippen MR) is 78.1 cm³/mol. The molecular weight excluding hydrogens is 254 g/mol. The number of pyridine rings is 1. The van der Waals surface area contributed by atoms with E-state index in [-0.39, 0.29) is 11.8 Å². The van der Waals surface area contributed by atoms with E-state index >= 15 is 0 Å². The van der Waals surface area contributed by atoms with Crippen molar-refractivity contribution in [3.8, 4) is 0 Å². The molecule has 0 aliphatic heterocycles. The number of hydrogen-bond acceptors (Lipinski definition) is 3. The van der Waals surface area contributed by atoms with E-state index in [0.717, 1.165) is 23.2 Å². The van der Waals surface area contributed by atoms with Crippen LogP contribution in [-0.4, -0.2) is 22.8 Å². The zero-order valence-corrected chi connectivity index (χ0v) is 12.6. The number of aryl methyl sites for hydroxylation is 2. The van der Waals surface area contributed by atoms with Crippen molar-refractivity contribution in [1.29, 1.82) is 0 Å². The minimum atomic E-state index is -0.462. The average molecular weight is 277 g/mol. The van der Waals surface area contributed by atoms with Crippen molar-refractivity contribution in [3.63, 3.8) is 0 Å².